The molecule has 2 aromatic rings. The molecule has 35 heavy (non-hydrogen) atoms. The maximum atomic E-state index is 15.0. The average molecular weight is 610 g/mol. The van der Waals surface area contributed by atoms with E-state index in [4.69, 9.17) is 14.8 Å². The number of benzene rings is 2. The van der Waals surface area contributed by atoms with Crippen LogP contribution in [0.4, 0.5) is 24.5 Å². The van der Waals surface area contributed by atoms with Crippen LogP contribution < -0.4 is 21.6 Å². The lowest BCUT2D eigenvalue weighted by Gasteiger charge is -2.17. The number of aliphatic hydroxyl groups is 1. The van der Waals surface area contributed by atoms with Gasteiger partial charge in [0, 0.05) is 22.2 Å². The van der Waals surface area contributed by atoms with Crippen molar-refractivity contribution in [1.82, 2.24) is 16.3 Å². The lowest BCUT2D eigenvalue weighted by Crippen LogP contribution is -2.28. The highest BCUT2D eigenvalue weighted by Crippen LogP contribution is 2.30. The van der Waals surface area contributed by atoms with Crippen LogP contribution in [0.3, 0.4) is 0 Å². The molecule has 5 N–H and O–H groups in total. The maximum Gasteiger partial charge on any atom is 0.277 e. The predicted molar refractivity (Wildman–Crippen MR) is 130 cm³/mol. The number of carbonyl (C=O) groups excluding carboxylic acids is 2. The van der Waals surface area contributed by atoms with E-state index < -0.39 is 29.0 Å². The highest BCUT2D eigenvalue weighted by Gasteiger charge is 2.24. The summed E-state index contributed by atoms with van der Waals surface area (Å²) in [4.78, 5) is 34.0. The van der Waals surface area contributed by atoms with E-state index in [-0.39, 0.29) is 55.5 Å². The Bertz CT molecular complexity index is 1030. The predicted octanol–water partition coefficient (Wildman–Crippen LogP) is 3.04. The summed E-state index contributed by atoms with van der Waals surface area (Å²) in [5.74, 6) is -4.62. The second kappa shape index (κ2) is 14.8. The minimum absolute atomic E-state index is 0.0201. The summed E-state index contributed by atoms with van der Waals surface area (Å²) in [6.07, 6.45) is 0.849. The van der Waals surface area contributed by atoms with Gasteiger partial charge in [0.2, 0.25) is 5.91 Å². The SMILES string of the molecule is CCCNC(=O)CCONCc1cc(C(=O)NOCCO)c(Nc2ccc(I)cc2F)c(F)c1F. The fraction of sp³-hybridized carbons (Fsp3) is 0.364. The summed E-state index contributed by atoms with van der Waals surface area (Å²) in [6.45, 7) is 1.47. The van der Waals surface area contributed by atoms with Crippen LogP contribution in [0.2, 0.25) is 0 Å². The zero-order valence-electron chi connectivity index (χ0n) is 18.9. The number of halogens is 4. The zero-order chi connectivity index (χ0) is 25.8. The second-order valence-electron chi connectivity index (χ2n) is 7.11. The Labute approximate surface area is 213 Å². The molecule has 192 valence electrons. The van der Waals surface area contributed by atoms with Gasteiger partial charge >= 0.3 is 0 Å². The van der Waals surface area contributed by atoms with Crippen molar-refractivity contribution in [1.29, 1.82) is 0 Å². The molecule has 0 spiro atoms. The van der Waals surface area contributed by atoms with Crippen LogP contribution in [0.1, 0.15) is 35.7 Å². The molecule has 0 heterocycles. The lowest BCUT2D eigenvalue weighted by atomic mass is 10.1. The first kappa shape index (κ1) is 28.8. The van der Waals surface area contributed by atoms with E-state index in [1.165, 1.54) is 12.1 Å². The number of hydrogen-bond donors (Lipinski definition) is 5. The molecule has 0 saturated heterocycles. The van der Waals surface area contributed by atoms with E-state index in [0.717, 1.165) is 12.5 Å². The topological polar surface area (TPSA) is 121 Å². The summed E-state index contributed by atoms with van der Waals surface area (Å²) in [7, 11) is 0. The van der Waals surface area contributed by atoms with E-state index in [1.54, 1.807) is 6.07 Å². The summed E-state index contributed by atoms with van der Waals surface area (Å²) < 4.78 is 44.7. The smallest absolute Gasteiger partial charge is 0.277 e. The number of amides is 2. The van der Waals surface area contributed by atoms with Gasteiger partial charge in [-0.2, -0.15) is 5.48 Å². The molecule has 0 unspecified atom stereocenters. The molecule has 2 rings (SSSR count). The first-order chi connectivity index (χ1) is 16.8. The van der Waals surface area contributed by atoms with Crippen molar-refractivity contribution < 1.29 is 37.5 Å². The summed E-state index contributed by atoms with van der Waals surface area (Å²) in [5.41, 5.74) is 3.00. The van der Waals surface area contributed by atoms with Crippen LogP contribution in [0.5, 0.6) is 0 Å². The Morgan fingerprint density at radius 2 is 1.86 bits per heavy atom. The quantitative estimate of drug-likeness (QED) is 0.127. The van der Waals surface area contributed by atoms with Crippen molar-refractivity contribution >= 4 is 45.8 Å². The van der Waals surface area contributed by atoms with Gasteiger partial charge in [-0.05, 0) is 53.3 Å². The Morgan fingerprint density at radius 3 is 2.54 bits per heavy atom. The number of aliphatic hydroxyl groups excluding tert-OH is 1. The molecule has 2 amide bonds. The number of hydrogen-bond acceptors (Lipinski definition) is 7. The molecule has 0 saturated carbocycles. The molecule has 0 radical (unpaired) electrons. The van der Waals surface area contributed by atoms with Gasteiger partial charge in [0.25, 0.3) is 5.91 Å². The normalized spacial score (nSPS) is 10.8. The van der Waals surface area contributed by atoms with Crippen LogP contribution in [0.15, 0.2) is 24.3 Å². The van der Waals surface area contributed by atoms with E-state index >= 15 is 4.39 Å². The number of nitrogens with one attached hydrogen (secondary N) is 4. The summed E-state index contributed by atoms with van der Waals surface area (Å²) >= 11 is 1.89. The molecule has 2 aromatic carbocycles. The molecule has 0 aromatic heterocycles. The van der Waals surface area contributed by atoms with Crippen molar-refractivity contribution in [2.75, 3.05) is 31.7 Å². The van der Waals surface area contributed by atoms with Crippen molar-refractivity contribution in [3.8, 4) is 0 Å². The monoisotopic (exact) mass is 610 g/mol. The standard InChI is InChI=1S/C22H26F3IN4O5/c1-2-6-27-18(32)5-8-34-28-12-13-10-15(22(33)30-35-9-7-31)21(20(25)19(13)24)29-17-4-3-14(26)11-16(17)23/h3-4,10-11,28-29,31H,2,5-9,12H2,1H3,(H,27,32)(H,30,33). The first-order valence-corrected chi connectivity index (χ1v) is 11.7. The third kappa shape index (κ3) is 8.92. The lowest BCUT2D eigenvalue weighted by molar-refractivity contribution is -0.122. The fourth-order valence-electron chi connectivity index (χ4n) is 2.75. The first-order valence-electron chi connectivity index (χ1n) is 10.7. The number of hydroxylamine groups is 2. The van der Waals surface area contributed by atoms with Gasteiger partial charge in [-0.1, -0.05) is 6.92 Å². The Balaban J connectivity index is 2.21. The third-order valence-corrected chi connectivity index (χ3v) is 5.11. The van der Waals surface area contributed by atoms with E-state index in [2.05, 4.69) is 16.1 Å². The molecule has 0 atom stereocenters. The minimum Gasteiger partial charge on any atom is -0.394 e. The van der Waals surface area contributed by atoms with Gasteiger partial charge in [0.05, 0.1) is 43.2 Å². The Kier molecular flexibility index (Phi) is 12.2. The molecule has 0 aliphatic heterocycles. The molecule has 0 fully saturated rings. The molecular formula is C22H26F3IN4O5. The Hall–Kier alpha value is -2.46. The van der Waals surface area contributed by atoms with E-state index in [1.807, 2.05) is 35.0 Å². The van der Waals surface area contributed by atoms with Crippen LogP contribution in [0.25, 0.3) is 0 Å². The average Bonchev–Trinajstić information content (AvgIpc) is 2.83. The molecule has 13 heteroatoms. The second-order valence-corrected chi connectivity index (χ2v) is 8.35. The number of carbonyl (C=O) groups is 2. The Morgan fingerprint density at radius 1 is 1.09 bits per heavy atom. The van der Waals surface area contributed by atoms with Crippen molar-refractivity contribution in [3.05, 3.63) is 56.4 Å². The van der Waals surface area contributed by atoms with Gasteiger partial charge in [0.1, 0.15) is 5.82 Å². The highest BCUT2D eigenvalue weighted by atomic mass is 127. The van der Waals surface area contributed by atoms with Gasteiger partial charge in [-0.25, -0.2) is 18.7 Å². The molecule has 9 nitrogen and oxygen atoms in total. The van der Waals surface area contributed by atoms with Gasteiger partial charge < -0.3 is 20.6 Å². The highest BCUT2D eigenvalue weighted by molar-refractivity contribution is 14.1. The molecule has 0 aliphatic rings. The van der Waals surface area contributed by atoms with Gasteiger partial charge in [0.15, 0.2) is 11.6 Å². The fourth-order valence-corrected chi connectivity index (χ4v) is 3.20. The maximum absolute atomic E-state index is 15.0. The molecule has 0 bridgehead atoms. The summed E-state index contributed by atoms with van der Waals surface area (Å²) in [5, 5.41) is 13.9. The molecule has 0 aliphatic carbocycles. The van der Waals surface area contributed by atoms with Crippen LogP contribution in [0, 0.1) is 21.0 Å². The number of anilines is 2. The third-order valence-electron chi connectivity index (χ3n) is 4.44. The summed E-state index contributed by atoms with van der Waals surface area (Å²) in [6, 6.07) is 5.09. The van der Waals surface area contributed by atoms with Crippen LogP contribution in [-0.2, 0) is 21.0 Å². The van der Waals surface area contributed by atoms with Crippen molar-refractivity contribution in [2.24, 2.45) is 0 Å². The minimum atomic E-state index is -1.42. The van der Waals surface area contributed by atoms with Crippen molar-refractivity contribution in [2.45, 2.75) is 26.3 Å². The van der Waals surface area contributed by atoms with Crippen LogP contribution >= 0.6 is 22.6 Å². The number of rotatable bonds is 14. The van der Waals surface area contributed by atoms with E-state index in [0.29, 0.717) is 10.1 Å². The molecular weight excluding hydrogens is 584 g/mol. The largest absolute Gasteiger partial charge is 0.394 e. The van der Waals surface area contributed by atoms with Crippen molar-refractivity contribution in [3.63, 3.8) is 0 Å². The zero-order valence-corrected chi connectivity index (χ0v) is 21.0. The van der Waals surface area contributed by atoms with Gasteiger partial charge in [-0.3, -0.25) is 14.4 Å². The van der Waals surface area contributed by atoms with Crippen LogP contribution in [-0.4, -0.2) is 43.3 Å². The van der Waals surface area contributed by atoms with E-state index in [9.17, 15) is 18.4 Å². The van der Waals surface area contributed by atoms with Gasteiger partial charge in [-0.15, -0.1) is 0 Å².